The van der Waals surface area contributed by atoms with E-state index in [1.54, 1.807) is 6.07 Å². The predicted octanol–water partition coefficient (Wildman–Crippen LogP) is 1.74. The summed E-state index contributed by atoms with van der Waals surface area (Å²) in [6.45, 7) is 3.44. The van der Waals surface area contributed by atoms with Crippen LogP contribution in [0.3, 0.4) is 0 Å². The van der Waals surface area contributed by atoms with Gasteiger partial charge in [-0.25, -0.2) is 4.39 Å². The summed E-state index contributed by atoms with van der Waals surface area (Å²) in [4.78, 5) is 0. The number of hydrogen-bond donors (Lipinski definition) is 1. The normalized spacial score (nSPS) is 12.6. The minimum Gasteiger partial charge on any atom is -0.497 e. The zero-order valence-corrected chi connectivity index (χ0v) is 7.46. The van der Waals surface area contributed by atoms with Gasteiger partial charge >= 0.3 is 0 Å². The van der Waals surface area contributed by atoms with Crippen molar-refractivity contribution in [2.75, 3.05) is 13.7 Å². The SMILES string of the molecule is [CH2]C(CO)c1cc(OC)ccc1F. The van der Waals surface area contributed by atoms with Crippen molar-refractivity contribution in [1.29, 1.82) is 0 Å². The van der Waals surface area contributed by atoms with Gasteiger partial charge in [-0.1, -0.05) is 0 Å². The number of aliphatic hydroxyl groups excluding tert-OH is 1. The van der Waals surface area contributed by atoms with Crippen molar-refractivity contribution in [1.82, 2.24) is 0 Å². The van der Waals surface area contributed by atoms with Crippen LogP contribution in [-0.2, 0) is 0 Å². The molecule has 1 atom stereocenters. The third-order valence-electron chi connectivity index (χ3n) is 1.86. The molecule has 0 bridgehead atoms. The lowest BCUT2D eigenvalue weighted by Crippen LogP contribution is -2.02. The van der Waals surface area contributed by atoms with Gasteiger partial charge in [-0.05, 0) is 30.7 Å². The van der Waals surface area contributed by atoms with Crippen LogP contribution in [0.15, 0.2) is 18.2 Å². The van der Waals surface area contributed by atoms with Gasteiger partial charge in [-0.2, -0.15) is 0 Å². The quantitative estimate of drug-likeness (QED) is 0.773. The Labute approximate surface area is 77.0 Å². The molecule has 1 N–H and O–H groups in total. The van der Waals surface area contributed by atoms with Crippen LogP contribution >= 0.6 is 0 Å². The Bertz CT molecular complexity index is 286. The predicted molar refractivity (Wildman–Crippen MR) is 48.1 cm³/mol. The maximum absolute atomic E-state index is 13.1. The molecule has 1 radical (unpaired) electrons. The van der Waals surface area contributed by atoms with E-state index in [4.69, 9.17) is 9.84 Å². The largest absolute Gasteiger partial charge is 0.497 e. The fraction of sp³-hybridized carbons (Fsp3) is 0.300. The zero-order valence-electron chi connectivity index (χ0n) is 7.46. The van der Waals surface area contributed by atoms with Crippen LogP contribution in [0.5, 0.6) is 5.75 Å². The first-order valence-corrected chi connectivity index (χ1v) is 3.96. The van der Waals surface area contributed by atoms with Crippen LogP contribution in [0, 0.1) is 12.7 Å². The first-order chi connectivity index (χ1) is 6.19. The van der Waals surface area contributed by atoms with E-state index >= 15 is 0 Å². The molecule has 2 nitrogen and oxygen atoms in total. The highest BCUT2D eigenvalue weighted by molar-refractivity contribution is 5.32. The van der Waals surface area contributed by atoms with Crippen LogP contribution in [-0.4, -0.2) is 18.8 Å². The standard InChI is InChI=1S/C10H12FO2/c1-7(6-12)9-5-8(13-2)3-4-10(9)11/h3-5,7,12H,1,6H2,2H3. The second kappa shape index (κ2) is 4.23. The van der Waals surface area contributed by atoms with Gasteiger partial charge in [0.25, 0.3) is 0 Å². The van der Waals surface area contributed by atoms with E-state index < -0.39 is 5.92 Å². The monoisotopic (exact) mass is 183 g/mol. The van der Waals surface area contributed by atoms with Crippen molar-refractivity contribution in [3.05, 3.63) is 36.5 Å². The molecule has 13 heavy (non-hydrogen) atoms. The second-order valence-corrected chi connectivity index (χ2v) is 2.77. The zero-order chi connectivity index (χ0) is 9.84. The maximum Gasteiger partial charge on any atom is 0.127 e. The summed E-state index contributed by atoms with van der Waals surface area (Å²) in [6.07, 6.45) is 0. The molecular weight excluding hydrogens is 171 g/mol. The van der Waals surface area contributed by atoms with Crippen LogP contribution in [0.25, 0.3) is 0 Å². The maximum atomic E-state index is 13.1. The summed E-state index contributed by atoms with van der Waals surface area (Å²) in [5.74, 6) is -0.247. The Hall–Kier alpha value is -1.09. The Morgan fingerprint density at radius 3 is 2.85 bits per heavy atom. The summed E-state index contributed by atoms with van der Waals surface area (Å²) in [5, 5.41) is 8.81. The molecule has 1 rings (SSSR count). The first kappa shape index (κ1) is 9.99. The van der Waals surface area contributed by atoms with Gasteiger partial charge in [-0.15, -0.1) is 0 Å². The molecule has 0 saturated heterocycles. The molecule has 1 aromatic rings. The van der Waals surface area contributed by atoms with Gasteiger partial charge in [0.15, 0.2) is 0 Å². The highest BCUT2D eigenvalue weighted by Gasteiger charge is 2.10. The summed E-state index contributed by atoms with van der Waals surface area (Å²) in [7, 11) is 1.51. The lowest BCUT2D eigenvalue weighted by Gasteiger charge is -2.10. The summed E-state index contributed by atoms with van der Waals surface area (Å²) >= 11 is 0. The summed E-state index contributed by atoms with van der Waals surface area (Å²) < 4.78 is 18.1. The molecular formula is C10H12FO2. The number of benzene rings is 1. The topological polar surface area (TPSA) is 29.5 Å². The fourth-order valence-electron chi connectivity index (χ4n) is 1.06. The van der Waals surface area contributed by atoms with Crippen molar-refractivity contribution in [2.45, 2.75) is 5.92 Å². The van der Waals surface area contributed by atoms with Gasteiger partial charge in [0.05, 0.1) is 13.7 Å². The van der Waals surface area contributed by atoms with Crippen molar-refractivity contribution in [3.8, 4) is 5.75 Å². The third kappa shape index (κ3) is 2.18. The molecule has 1 unspecified atom stereocenters. The summed E-state index contributed by atoms with van der Waals surface area (Å²) in [6, 6.07) is 4.38. The number of methoxy groups -OCH3 is 1. The molecule has 0 amide bonds. The van der Waals surface area contributed by atoms with Crippen molar-refractivity contribution < 1.29 is 14.2 Å². The van der Waals surface area contributed by atoms with Crippen LogP contribution < -0.4 is 4.74 Å². The number of halogens is 1. The molecule has 0 heterocycles. The number of rotatable bonds is 3. The average Bonchev–Trinajstić information content (AvgIpc) is 2.17. The van der Waals surface area contributed by atoms with Gasteiger partial charge in [0, 0.05) is 5.92 Å². The number of hydrogen-bond acceptors (Lipinski definition) is 2. The van der Waals surface area contributed by atoms with Crippen LogP contribution in [0.1, 0.15) is 11.5 Å². The molecule has 3 heteroatoms. The molecule has 0 saturated carbocycles. The smallest absolute Gasteiger partial charge is 0.127 e. The van der Waals surface area contributed by atoms with Gasteiger partial charge in [0.2, 0.25) is 0 Å². The third-order valence-corrected chi connectivity index (χ3v) is 1.86. The molecule has 0 fully saturated rings. The summed E-state index contributed by atoms with van der Waals surface area (Å²) in [5.41, 5.74) is 0.377. The Kier molecular flexibility index (Phi) is 3.25. The molecule has 71 valence electrons. The van der Waals surface area contributed by atoms with Gasteiger partial charge in [-0.3, -0.25) is 0 Å². The Balaban J connectivity index is 3.03. The molecule has 0 aromatic heterocycles. The highest BCUT2D eigenvalue weighted by atomic mass is 19.1. The highest BCUT2D eigenvalue weighted by Crippen LogP contribution is 2.23. The van der Waals surface area contributed by atoms with E-state index in [2.05, 4.69) is 6.92 Å². The van der Waals surface area contributed by atoms with Crippen molar-refractivity contribution >= 4 is 0 Å². The minimum absolute atomic E-state index is 0.177. The molecule has 0 aliphatic rings. The molecule has 0 spiro atoms. The van der Waals surface area contributed by atoms with Crippen molar-refractivity contribution in [3.63, 3.8) is 0 Å². The average molecular weight is 183 g/mol. The second-order valence-electron chi connectivity index (χ2n) is 2.77. The van der Waals surface area contributed by atoms with E-state index in [0.717, 1.165) is 0 Å². The molecule has 1 aromatic carbocycles. The first-order valence-electron chi connectivity index (χ1n) is 3.96. The molecule has 0 aliphatic carbocycles. The Morgan fingerprint density at radius 2 is 2.31 bits per heavy atom. The van der Waals surface area contributed by atoms with Gasteiger partial charge < -0.3 is 9.84 Å². The van der Waals surface area contributed by atoms with Crippen LogP contribution in [0.2, 0.25) is 0 Å². The van der Waals surface area contributed by atoms with Crippen molar-refractivity contribution in [2.24, 2.45) is 0 Å². The van der Waals surface area contributed by atoms with E-state index in [-0.39, 0.29) is 12.4 Å². The van der Waals surface area contributed by atoms with Crippen LogP contribution in [0.4, 0.5) is 4.39 Å². The lowest BCUT2D eigenvalue weighted by molar-refractivity contribution is 0.280. The lowest BCUT2D eigenvalue weighted by atomic mass is 10.0. The van der Waals surface area contributed by atoms with E-state index in [0.29, 0.717) is 11.3 Å². The fourth-order valence-corrected chi connectivity index (χ4v) is 1.06. The number of aliphatic hydroxyl groups is 1. The van der Waals surface area contributed by atoms with E-state index in [1.165, 1.54) is 19.2 Å². The number of ether oxygens (including phenoxy) is 1. The van der Waals surface area contributed by atoms with E-state index in [9.17, 15) is 4.39 Å². The molecule has 0 aliphatic heterocycles. The minimum atomic E-state index is -0.449. The Morgan fingerprint density at radius 1 is 1.62 bits per heavy atom. The van der Waals surface area contributed by atoms with E-state index in [1.807, 2.05) is 0 Å². The van der Waals surface area contributed by atoms with Gasteiger partial charge in [0.1, 0.15) is 11.6 Å².